The van der Waals surface area contributed by atoms with Crippen LogP contribution in [-0.2, 0) is 0 Å². The number of rotatable bonds is 0. The molecule has 0 saturated heterocycles. The van der Waals surface area contributed by atoms with E-state index in [0.29, 0.717) is 10.5 Å². The molecule has 3 nitrogen and oxygen atoms in total. The average molecular weight is 195 g/mol. The van der Waals surface area contributed by atoms with Crippen molar-refractivity contribution in [3.63, 3.8) is 0 Å². The predicted octanol–water partition coefficient (Wildman–Crippen LogP) is 1.88. The molecule has 0 atom stereocenters. The van der Waals surface area contributed by atoms with Crippen LogP contribution in [0.5, 0.6) is 0 Å². The Morgan fingerprint density at radius 1 is 1.46 bits per heavy atom. The molecule has 4 heteroatoms. The van der Waals surface area contributed by atoms with Gasteiger partial charge in [0.2, 0.25) is 0 Å². The summed E-state index contributed by atoms with van der Waals surface area (Å²) in [6, 6.07) is 5.30. The summed E-state index contributed by atoms with van der Waals surface area (Å²) in [4.78, 5) is 17.4. The molecule has 1 aromatic carbocycles. The molecule has 1 aromatic heterocycles. The monoisotopic (exact) mass is 194 g/mol. The molecule has 0 unspecified atom stereocenters. The molecule has 0 radical (unpaired) electrons. The van der Waals surface area contributed by atoms with Crippen molar-refractivity contribution >= 4 is 22.5 Å². The standard InChI is InChI=1S/C9H7ClN2O/c1-5-7-3-2-6(10)4-8(7)12-9(13)11-5/h2-4H,1H3,(H,11,12,13). The number of nitrogens with one attached hydrogen (secondary N) is 1. The number of hydrogen-bond donors (Lipinski definition) is 1. The van der Waals surface area contributed by atoms with E-state index >= 15 is 0 Å². The van der Waals surface area contributed by atoms with Gasteiger partial charge in [-0.25, -0.2) is 4.79 Å². The van der Waals surface area contributed by atoms with Crippen LogP contribution in [-0.4, -0.2) is 9.97 Å². The summed E-state index contributed by atoms with van der Waals surface area (Å²) in [5.41, 5.74) is 1.10. The van der Waals surface area contributed by atoms with Crippen LogP contribution < -0.4 is 5.69 Å². The Balaban J connectivity index is 2.94. The quantitative estimate of drug-likeness (QED) is 0.696. The fourth-order valence-corrected chi connectivity index (χ4v) is 1.45. The number of nitrogens with zero attached hydrogens (tertiary/aromatic N) is 1. The summed E-state index contributed by atoms with van der Waals surface area (Å²) in [6.07, 6.45) is 0. The maximum atomic E-state index is 11.0. The second kappa shape index (κ2) is 2.85. The van der Waals surface area contributed by atoms with E-state index < -0.39 is 0 Å². The maximum Gasteiger partial charge on any atom is 0.345 e. The van der Waals surface area contributed by atoms with Crippen LogP contribution in [0.15, 0.2) is 23.0 Å². The molecule has 1 N–H and O–H groups in total. The molecule has 0 fully saturated rings. The van der Waals surface area contributed by atoms with Gasteiger partial charge < -0.3 is 4.98 Å². The van der Waals surface area contributed by atoms with E-state index in [-0.39, 0.29) is 5.69 Å². The van der Waals surface area contributed by atoms with Crippen LogP contribution in [0.4, 0.5) is 0 Å². The molecular formula is C9H7ClN2O. The number of aromatic amines is 1. The Kier molecular flexibility index (Phi) is 1.81. The largest absolute Gasteiger partial charge is 0.345 e. The summed E-state index contributed by atoms with van der Waals surface area (Å²) in [6.45, 7) is 1.83. The van der Waals surface area contributed by atoms with E-state index in [9.17, 15) is 4.79 Å². The van der Waals surface area contributed by atoms with Gasteiger partial charge in [-0.05, 0) is 25.1 Å². The first-order chi connectivity index (χ1) is 6.16. The third kappa shape index (κ3) is 1.42. The molecule has 66 valence electrons. The van der Waals surface area contributed by atoms with E-state index in [1.54, 1.807) is 12.1 Å². The summed E-state index contributed by atoms with van der Waals surface area (Å²) in [5.74, 6) is 0. The van der Waals surface area contributed by atoms with Gasteiger partial charge in [0.15, 0.2) is 0 Å². The maximum absolute atomic E-state index is 11.0. The molecule has 0 amide bonds. The number of aryl methyl sites for hydroxylation is 1. The van der Waals surface area contributed by atoms with Gasteiger partial charge >= 0.3 is 5.69 Å². The zero-order valence-electron chi connectivity index (χ0n) is 6.97. The number of aromatic nitrogens is 2. The van der Waals surface area contributed by atoms with Crippen LogP contribution >= 0.6 is 11.6 Å². The lowest BCUT2D eigenvalue weighted by Gasteiger charge is -1.99. The van der Waals surface area contributed by atoms with Gasteiger partial charge in [0, 0.05) is 16.1 Å². The number of halogens is 1. The van der Waals surface area contributed by atoms with E-state index in [2.05, 4.69) is 9.97 Å². The van der Waals surface area contributed by atoms with Gasteiger partial charge in [-0.1, -0.05) is 11.6 Å². The Morgan fingerprint density at radius 2 is 2.23 bits per heavy atom. The van der Waals surface area contributed by atoms with Crippen molar-refractivity contribution in [1.29, 1.82) is 0 Å². The van der Waals surface area contributed by atoms with Crippen LogP contribution in [0.1, 0.15) is 5.69 Å². The van der Waals surface area contributed by atoms with E-state index in [1.807, 2.05) is 13.0 Å². The lowest BCUT2D eigenvalue weighted by Crippen LogP contribution is -2.11. The minimum Gasteiger partial charge on any atom is -0.309 e. The van der Waals surface area contributed by atoms with E-state index in [1.165, 1.54) is 0 Å². The Labute approximate surface area is 79.4 Å². The van der Waals surface area contributed by atoms with E-state index in [0.717, 1.165) is 11.1 Å². The molecular weight excluding hydrogens is 188 g/mol. The predicted molar refractivity (Wildman–Crippen MR) is 52.1 cm³/mol. The molecule has 1 heterocycles. The number of H-pyrrole nitrogens is 1. The first-order valence-electron chi connectivity index (χ1n) is 3.83. The molecule has 2 rings (SSSR count). The van der Waals surface area contributed by atoms with Gasteiger partial charge in [-0.15, -0.1) is 0 Å². The van der Waals surface area contributed by atoms with Gasteiger partial charge in [-0.2, -0.15) is 4.98 Å². The zero-order chi connectivity index (χ0) is 9.42. The van der Waals surface area contributed by atoms with Crippen molar-refractivity contribution in [2.45, 2.75) is 6.92 Å². The zero-order valence-corrected chi connectivity index (χ0v) is 7.72. The molecule has 0 aliphatic carbocycles. The highest BCUT2D eigenvalue weighted by molar-refractivity contribution is 6.31. The van der Waals surface area contributed by atoms with Gasteiger partial charge in [0.1, 0.15) is 0 Å². The minimum atomic E-state index is -0.340. The van der Waals surface area contributed by atoms with Gasteiger partial charge in [-0.3, -0.25) is 0 Å². The highest BCUT2D eigenvalue weighted by Crippen LogP contribution is 2.17. The smallest absolute Gasteiger partial charge is 0.309 e. The molecule has 0 bridgehead atoms. The van der Waals surface area contributed by atoms with Crippen LogP contribution in [0, 0.1) is 6.92 Å². The summed E-state index contributed by atoms with van der Waals surface area (Å²) < 4.78 is 0. The highest BCUT2D eigenvalue weighted by Gasteiger charge is 2.00. The summed E-state index contributed by atoms with van der Waals surface area (Å²) in [5, 5.41) is 1.51. The lowest BCUT2D eigenvalue weighted by molar-refractivity contribution is 1.07. The van der Waals surface area contributed by atoms with E-state index in [4.69, 9.17) is 11.6 Å². The van der Waals surface area contributed by atoms with Crippen molar-refractivity contribution < 1.29 is 0 Å². The Hall–Kier alpha value is -1.35. The normalized spacial score (nSPS) is 10.6. The fourth-order valence-electron chi connectivity index (χ4n) is 1.28. The van der Waals surface area contributed by atoms with Crippen LogP contribution in [0.25, 0.3) is 10.9 Å². The average Bonchev–Trinajstić information content (AvgIpc) is 2.02. The summed E-state index contributed by atoms with van der Waals surface area (Å²) >= 11 is 5.77. The first-order valence-corrected chi connectivity index (χ1v) is 4.21. The SMILES string of the molecule is Cc1[nH]c(=O)nc2cc(Cl)ccc12. The molecule has 0 aliphatic heterocycles. The third-order valence-electron chi connectivity index (χ3n) is 1.88. The third-order valence-corrected chi connectivity index (χ3v) is 2.12. The van der Waals surface area contributed by atoms with Crippen molar-refractivity contribution in [3.05, 3.63) is 39.4 Å². The fraction of sp³-hybridized carbons (Fsp3) is 0.111. The van der Waals surface area contributed by atoms with Crippen LogP contribution in [0.2, 0.25) is 5.02 Å². The molecule has 2 aromatic rings. The highest BCUT2D eigenvalue weighted by atomic mass is 35.5. The van der Waals surface area contributed by atoms with Crippen molar-refractivity contribution in [2.24, 2.45) is 0 Å². The van der Waals surface area contributed by atoms with Gasteiger partial charge in [0.25, 0.3) is 0 Å². The number of hydrogen-bond acceptors (Lipinski definition) is 2. The molecule has 13 heavy (non-hydrogen) atoms. The van der Waals surface area contributed by atoms with Crippen molar-refractivity contribution in [3.8, 4) is 0 Å². The Morgan fingerprint density at radius 3 is 3.00 bits per heavy atom. The van der Waals surface area contributed by atoms with Crippen molar-refractivity contribution in [1.82, 2.24) is 9.97 Å². The minimum absolute atomic E-state index is 0.340. The molecule has 0 saturated carbocycles. The topological polar surface area (TPSA) is 45.8 Å². The second-order valence-corrected chi connectivity index (χ2v) is 3.26. The molecule has 0 spiro atoms. The van der Waals surface area contributed by atoms with Crippen LogP contribution in [0.3, 0.4) is 0 Å². The summed E-state index contributed by atoms with van der Waals surface area (Å²) in [7, 11) is 0. The van der Waals surface area contributed by atoms with Crippen molar-refractivity contribution in [2.75, 3.05) is 0 Å². The Bertz CT molecular complexity index is 518. The first kappa shape index (κ1) is 8.26. The second-order valence-electron chi connectivity index (χ2n) is 2.83. The van der Waals surface area contributed by atoms with Gasteiger partial charge in [0.05, 0.1) is 5.52 Å². The molecule has 0 aliphatic rings. The number of benzene rings is 1. The lowest BCUT2D eigenvalue weighted by atomic mass is 10.2. The number of fused-ring (bicyclic) bond motifs is 1.